The molecular formula is C17H16F2N6O. The highest BCUT2D eigenvalue weighted by Gasteiger charge is 2.15. The Bertz CT molecular complexity index is 894. The van der Waals surface area contributed by atoms with Crippen LogP contribution in [0.25, 0.3) is 5.95 Å². The number of nitrogens with zero attached hydrogens (tertiary/aromatic N) is 5. The van der Waals surface area contributed by atoms with Gasteiger partial charge < -0.3 is 5.32 Å². The van der Waals surface area contributed by atoms with Crippen molar-refractivity contribution in [3.63, 3.8) is 0 Å². The molecule has 0 aliphatic rings. The van der Waals surface area contributed by atoms with Gasteiger partial charge in [-0.3, -0.25) is 14.3 Å². The van der Waals surface area contributed by atoms with E-state index in [1.165, 1.54) is 18.6 Å². The van der Waals surface area contributed by atoms with Gasteiger partial charge in [0.05, 0.1) is 11.9 Å². The molecule has 3 aromatic rings. The Morgan fingerprint density at radius 2 is 2.00 bits per heavy atom. The van der Waals surface area contributed by atoms with Crippen LogP contribution in [-0.4, -0.2) is 30.4 Å². The van der Waals surface area contributed by atoms with E-state index < -0.39 is 12.3 Å². The van der Waals surface area contributed by atoms with Crippen molar-refractivity contribution in [2.24, 2.45) is 0 Å². The summed E-state index contributed by atoms with van der Waals surface area (Å²) < 4.78 is 26.7. The minimum Gasteiger partial charge on any atom is -0.319 e. The molecule has 9 heteroatoms. The normalized spacial score (nSPS) is 11.2. The van der Waals surface area contributed by atoms with E-state index in [1.807, 2.05) is 13.8 Å². The van der Waals surface area contributed by atoms with E-state index in [4.69, 9.17) is 0 Å². The SMILES string of the molecule is CC(C)c1cc(C(=O)Nc2ccc(C(F)F)nc2)nc(-n2ccnc2)n1. The number of anilines is 1. The Morgan fingerprint density at radius 3 is 2.58 bits per heavy atom. The molecule has 0 atom stereocenters. The van der Waals surface area contributed by atoms with Crippen LogP contribution >= 0.6 is 0 Å². The van der Waals surface area contributed by atoms with E-state index >= 15 is 0 Å². The fourth-order valence-electron chi connectivity index (χ4n) is 2.16. The van der Waals surface area contributed by atoms with Gasteiger partial charge in [0.15, 0.2) is 0 Å². The van der Waals surface area contributed by atoms with E-state index in [1.54, 1.807) is 23.0 Å². The Morgan fingerprint density at radius 1 is 1.19 bits per heavy atom. The fourth-order valence-corrected chi connectivity index (χ4v) is 2.16. The Balaban J connectivity index is 1.88. The molecule has 3 rings (SSSR count). The summed E-state index contributed by atoms with van der Waals surface area (Å²) >= 11 is 0. The molecule has 3 heterocycles. The smallest absolute Gasteiger partial charge is 0.280 e. The number of halogens is 2. The second-order valence-corrected chi connectivity index (χ2v) is 5.83. The quantitative estimate of drug-likeness (QED) is 0.756. The highest BCUT2D eigenvalue weighted by molar-refractivity contribution is 6.02. The predicted molar refractivity (Wildman–Crippen MR) is 90.4 cm³/mol. The minimum absolute atomic E-state index is 0.0822. The lowest BCUT2D eigenvalue weighted by Crippen LogP contribution is -2.17. The van der Waals surface area contributed by atoms with Crippen LogP contribution in [0.1, 0.15) is 48.1 Å². The van der Waals surface area contributed by atoms with Crippen LogP contribution in [0.5, 0.6) is 0 Å². The monoisotopic (exact) mass is 358 g/mol. The van der Waals surface area contributed by atoms with Gasteiger partial charge in [-0.05, 0) is 24.1 Å². The zero-order chi connectivity index (χ0) is 18.7. The van der Waals surface area contributed by atoms with Crippen LogP contribution < -0.4 is 5.32 Å². The highest BCUT2D eigenvalue weighted by atomic mass is 19.3. The Labute approximate surface area is 148 Å². The summed E-state index contributed by atoms with van der Waals surface area (Å²) in [7, 11) is 0. The molecule has 0 bridgehead atoms. The standard InChI is InChI=1S/C17H16F2N6O/c1-10(2)13-7-14(24-17(23-13)25-6-5-20-9-25)16(26)22-11-3-4-12(15(18)19)21-8-11/h3-10,15H,1-2H3,(H,22,26). The summed E-state index contributed by atoms with van der Waals surface area (Å²) in [5, 5.41) is 2.60. The number of carbonyl (C=O) groups excluding carboxylic acids is 1. The average molecular weight is 358 g/mol. The van der Waals surface area contributed by atoms with Gasteiger partial charge in [-0.15, -0.1) is 0 Å². The maximum atomic E-state index is 12.6. The molecule has 0 saturated carbocycles. The maximum absolute atomic E-state index is 12.6. The molecule has 1 amide bonds. The summed E-state index contributed by atoms with van der Waals surface area (Å²) in [6.07, 6.45) is 3.32. The number of amides is 1. The number of hydrogen-bond donors (Lipinski definition) is 1. The zero-order valence-electron chi connectivity index (χ0n) is 14.1. The van der Waals surface area contributed by atoms with Crippen LogP contribution in [0.4, 0.5) is 14.5 Å². The first kappa shape index (κ1) is 17.6. The maximum Gasteiger partial charge on any atom is 0.280 e. The molecule has 0 aliphatic heterocycles. The van der Waals surface area contributed by atoms with Gasteiger partial charge in [0.25, 0.3) is 12.3 Å². The topological polar surface area (TPSA) is 85.6 Å². The Kier molecular flexibility index (Phi) is 4.97. The molecule has 1 N–H and O–H groups in total. The van der Waals surface area contributed by atoms with Crippen LogP contribution in [0.2, 0.25) is 0 Å². The van der Waals surface area contributed by atoms with Crippen molar-refractivity contribution >= 4 is 11.6 Å². The minimum atomic E-state index is -2.66. The van der Waals surface area contributed by atoms with Gasteiger partial charge in [0.2, 0.25) is 5.95 Å². The molecule has 0 unspecified atom stereocenters. The number of pyridine rings is 1. The first-order chi connectivity index (χ1) is 12.4. The van der Waals surface area contributed by atoms with Gasteiger partial charge in [-0.2, -0.15) is 0 Å². The average Bonchev–Trinajstić information content (AvgIpc) is 3.16. The van der Waals surface area contributed by atoms with E-state index in [2.05, 4.69) is 25.3 Å². The third kappa shape index (κ3) is 3.88. The first-order valence-electron chi connectivity index (χ1n) is 7.87. The van der Waals surface area contributed by atoms with E-state index in [0.29, 0.717) is 17.3 Å². The van der Waals surface area contributed by atoms with Crippen molar-refractivity contribution in [3.05, 3.63) is 60.2 Å². The van der Waals surface area contributed by atoms with Crippen LogP contribution in [0.15, 0.2) is 43.1 Å². The molecule has 26 heavy (non-hydrogen) atoms. The number of rotatable bonds is 5. The summed E-state index contributed by atoms with van der Waals surface area (Å²) in [5.41, 5.74) is 0.799. The second-order valence-electron chi connectivity index (χ2n) is 5.83. The summed E-state index contributed by atoms with van der Waals surface area (Å²) in [6, 6.07) is 4.13. The van der Waals surface area contributed by atoms with Crippen LogP contribution in [0.3, 0.4) is 0 Å². The number of hydrogen-bond acceptors (Lipinski definition) is 5. The molecule has 7 nitrogen and oxygen atoms in total. The molecule has 0 aliphatic carbocycles. The second kappa shape index (κ2) is 7.34. The van der Waals surface area contributed by atoms with E-state index in [0.717, 1.165) is 6.07 Å². The highest BCUT2D eigenvalue weighted by Crippen LogP contribution is 2.19. The van der Waals surface area contributed by atoms with Crippen molar-refractivity contribution in [1.29, 1.82) is 0 Å². The number of imidazole rings is 1. The molecule has 0 fully saturated rings. The predicted octanol–water partition coefficient (Wildman–Crippen LogP) is 3.37. The molecule has 134 valence electrons. The molecule has 0 aromatic carbocycles. The van der Waals surface area contributed by atoms with Crippen LogP contribution in [0, 0.1) is 0 Å². The van der Waals surface area contributed by atoms with Gasteiger partial charge in [0.1, 0.15) is 17.7 Å². The fraction of sp³-hybridized carbons (Fsp3) is 0.235. The van der Waals surface area contributed by atoms with Crippen LogP contribution in [-0.2, 0) is 0 Å². The van der Waals surface area contributed by atoms with Crippen molar-refractivity contribution in [3.8, 4) is 5.95 Å². The summed E-state index contributed by atoms with van der Waals surface area (Å²) in [4.78, 5) is 28.8. The zero-order valence-corrected chi connectivity index (χ0v) is 14.1. The van der Waals surface area contributed by atoms with Crippen molar-refractivity contribution < 1.29 is 13.6 Å². The number of nitrogens with one attached hydrogen (secondary N) is 1. The van der Waals surface area contributed by atoms with Gasteiger partial charge in [0, 0.05) is 18.1 Å². The van der Waals surface area contributed by atoms with Gasteiger partial charge >= 0.3 is 0 Å². The molecule has 3 aromatic heterocycles. The molecule has 0 saturated heterocycles. The van der Waals surface area contributed by atoms with Crippen molar-refractivity contribution in [2.45, 2.75) is 26.2 Å². The van der Waals surface area contributed by atoms with Gasteiger partial charge in [-0.1, -0.05) is 13.8 Å². The largest absolute Gasteiger partial charge is 0.319 e. The van der Waals surface area contributed by atoms with Crippen molar-refractivity contribution in [1.82, 2.24) is 24.5 Å². The third-order valence-corrected chi connectivity index (χ3v) is 3.56. The first-order valence-corrected chi connectivity index (χ1v) is 7.87. The molecule has 0 spiro atoms. The lowest BCUT2D eigenvalue weighted by molar-refractivity contribution is 0.102. The molecular weight excluding hydrogens is 342 g/mol. The molecule has 0 radical (unpaired) electrons. The van der Waals surface area contributed by atoms with Crippen molar-refractivity contribution in [2.75, 3.05) is 5.32 Å². The number of aromatic nitrogens is 5. The number of alkyl halides is 2. The lowest BCUT2D eigenvalue weighted by Gasteiger charge is -2.11. The third-order valence-electron chi connectivity index (χ3n) is 3.56. The summed E-state index contributed by atoms with van der Waals surface area (Å²) in [6.45, 7) is 3.91. The Hall–Kier alpha value is -3.23. The van der Waals surface area contributed by atoms with E-state index in [9.17, 15) is 13.6 Å². The summed E-state index contributed by atoms with van der Waals surface area (Å²) in [5.74, 6) is -0.0777. The lowest BCUT2D eigenvalue weighted by atomic mass is 10.1. The van der Waals surface area contributed by atoms with E-state index in [-0.39, 0.29) is 17.3 Å². The van der Waals surface area contributed by atoms with Gasteiger partial charge in [-0.25, -0.2) is 23.7 Å². The number of carbonyl (C=O) groups is 1.